The first-order valence-electron chi connectivity index (χ1n) is 9.53. The molecular formula is C20H17Cl2N5O3. The van der Waals surface area contributed by atoms with E-state index in [9.17, 15) is 14.4 Å². The summed E-state index contributed by atoms with van der Waals surface area (Å²) in [7, 11) is 2.02. The minimum Gasteiger partial charge on any atom is -0.338 e. The van der Waals surface area contributed by atoms with Crippen molar-refractivity contribution in [2.75, 3.05) is 20.1 Å². The molecule has 2 amide bonds. The molecule has 0 unspecified atom stereocenters. The van der Waals surface area contributed by atoms with Gasteiger partial charge in [-0.05, 0) is 45.1 Å². The van der Waals surface area contributed by atoms with Crippen LogP contribution in [0.15, 0.2) is 23.1 Å². The fraction of sp³-hybridized carbons (Fsp3) is 0.300. The smallest absolute Gasteiger partial charge is 0.263 e. The van der Waals surface area contributed by atoms with Crippen LogP contribution in [0.4, 0.5) is 0 Å². The SMILES string of the molecule is CN1CCC(N2C(=O)c3cc4[nH]c(-c5c(Cl)cc[nH]c5=O)nc4c(Cl)c3C2=O)CC1. The number of amides is 2. The molecule has 0 spiro atoms. The third kappa shape index (κ3) is 2.79. The van der Waals surface area contributed by atoms with E-state index in [2.05, 4.69) is 19.9 Å². The van der Waals surface area contributed by atoms with Crippen molar-refractivity contribution in [2.24, 2.45) is 0 Å². The minimum atomic E-state index is -0.411. The maximum Gasteiger partial charge on any atom is 0.263 e. The number of fused-ring (bicyclic) bond motifs is 2. The van der Waals surface area contributed by atoms with Crippen LogP contribution in [0.3, 0.4) is 0 Å². The number of carbonyl (C=O) groups excluding carboxylic acids is 2. The quantitative estimate of drug-likeness (QED) is 0.590. The van der Waals surface area contributed by atoms with Crippen LogP contribution in [-0.2, 0) is 0 Å². The number of benzene rings is 1. The Balaban J connectivity index is 1.60. The highest BCUT2D eigenvalue weighted by Gasteiger charge is 2.43. The Morgan fingerprint density at radius 2 is 1.83 bits per heavy atom. The van der Waals surface area contributed by atoms with Crippen molar-refractivity contribution in [3.63, 3.8) is 0 Å². The van der Waals surface area contributed by atoms with Crippen molar-refractivity contribution in [1.29, 1.82) is 0 Å². The van der Waals surface area contributed by atoms with Gasteiger partial charge < -0.3 is 14.9 Å². The molecule has 1 aromatic carbocycles. The Kier molecular flexibility index (Phi) is 4.46. The summed E-state index contributed by atoms with van der Waals surface area (Å²) in [6.07, 6.45) is 2.90. The molecule has 3 aromatic rings. The number of H-pyrrole nitrogens is 2. The van der Waals surface area contributed by atoms with E-state index in [1.54, 1.807) is 12.1 Å². The van der Waals surface area contributed by atoms with Gasteiger partial charge in [-0.15, -0.1) is 0 Å². The highest BCUT2D eigenvalue weighted by Crippen LogP contribution is 2.38. The van der Waals surface area contributed by atoms with Gasteiger partial charge in [0.2, 0.25) is 0 Å². The van der Waals surface area contributed by atoms with Gasteiger partial charge in [-0.2, -0.15) is 0 Å². The molecule has 0 radical (unpaired) electrons. The highest BCUT2D eigenvalue weighted by atomic mass is 35.5. The van der Waals surface area contributed by atoms with Crippen molar-refractivity contribution in [3.8, 4) is 11.4 Å². The molecule has 4 heterocycles. The first-order valence-corrected chi connectivity index (χ1v) is 10.3. The Hall–Kier alpha value is -2.68. The summed E-state index contributed by atoms with van der Waals surface area (Å²) < 4.78 is 0. The van der Waals surface area contributed by atoms with Crippen LogP contribution in [-0.4, -0.2) is 62.7 Å². The molecule has 0 atom stereocenters. The van der Waals surface area contributed by atoms with Crippen molar-refractivity contribution < 1.29 is 9.59 Å². The average molecular weight is 446 g/mol. The molecule has 2 aliphatic heterocycles. The molecule has 5 rings (SSSR count). The maximum atomic E-state index is 13.1. The van der Waals surface area contributed by atoms with Crippen LogP contribution < -0.4 is 5.56 Å². The zero-order chi connectivity index (χ0) is 21.2. The number of nitrogens with zero attached hydrogens (tertiary/aromatic N) is 3. The lowest BCUT2D eigenvalue weighted by Gasteiger charge is -2.33. The lowest BCUT2D eigenvalue weighted by Crippen LogP contribution is -2.46. The number of hydrogen-bond donors (Lipinski definition) is 2. The summed E-state index contributed by atoms with van der Waals surface area (Å²) in [4.78, 5) is 51.9. The summed E-state index contributed by atoms with van der Waals surface area (Å²) in [5, 5.41) is 0.323. The number of imide groups is 1. The summed E-state index contributed by atoms with van der Waals surface area (Å²) in [6.45, 7) is 1.65. The zero-order valence-corrected chi connectivity index (χ0v) is 17.5. The summed E-state index contributed by atoms with van der Waals surface area (Å²) >= 11 is 12.7. The van der Waals surface area contributed by atoms with E-state index in [0.29, 0.717) is 11.0 Å². The molecule has 154 valence electrons. The summed E-state index contributed by atoms with van der Waals surface area (Å²) in [5.74, 6) is -0.522. The monoisotopic (exact) mass is 445 g/mol. The predicted molar refractivity (Wildman–Crippen MR) is 113 cm³/mol. The number of aromatic amines is 2. The second-order valence-electron chi connectivity index (χ2n) is 7.64. The Morgan fingerprint density at radius 3 is 2.53 bits per heavy atom. The number of nitrogens with one attached hydrogen (secondary N) is 2. The van der Waals surface area contributed by atoms with Gasteiger partial charge in [0, 0.05) is 12.2 Å². The van der Waals surface area contributed by atoms with E-state index < -0.39 is 11.5 Å². The number of likely N-dealkylation sites (tertiary alicyclic amines) is 1. The molecular weight excluding hydrogens is 429 g/mol. The maximum absolute atomic E-state index is 13.1. The molecule has 2 aliphatic rings. The van der Waals surface area contributed by atoms with Crippen molar-refractivity contribution >= 4 is 46.0 Å². The van der Waals surface area contributed by atoms with Gasteiger partial charge in [0.15, 0.2) is 0 Å². The molecule has 0 saturated carbocycles. The number of rotatable bonds is 2. The molecule has 0 bridgehead atoms. The van der Waals surface area contributed by atoms with Crippen LogP contribution in [0.25, 0.3) is 22.4 Å². The average Bonchev–Trinajstić information content (AvgIpc) is 3.23. The normalized spacial score (nSPS) is 17.9. The molecule has 0 aliphatic carbocycles. The fourth-order valence-electron chi connectivity index (χ4n) is 4.21. The van der Waals surface area contributed by atoms with Gasteiger partial charge >= 0.3 is 0 Å². The molecule has 1 saturated heterocycles. The van der Waals surface area contributed by atoms with Crippen molar-refractivity contribution in [1.82, 2.24) is 24.8 Å². The minimum absolute atomic E-state index is 0.0993. The van der Waals surface area contributed by atoms with Gasteiger partial charge in [-0.3, -0.25) is 19.3 Å². The Bertz CT molecular complexity index is 1270. The molecule has 1 fully saturated rings. The fourth-order valence-corrected chi connectivity index (χ4v) is 4.78. The molecule has 10 heteroatoms. The number of carbonyl (C=O) groups is 2. The van der Waals surface area contributed by atoms with E-state index in [1.165, 1.54) is 11.1 Å². The summed E-state index contributed by atoms with van der Waals surface area (Å²) in [6, 6.07) is 2.97. The summed E-state index contributed by atoms with van der Waals surface area (Å²) in [5.41, 5.74) is 0.942. The van der Waals surface area contributed by atoms with E-state index in [-0.39, 0.29) is 44.5 Å². The van der Waals surface area contributed by atoms with Crippen LogP contribution in [0.2, 0.25) is 10.0 Å². The first kappa shape index (κ1) is 19.3. The number of pyridine rings is 1. The van der Waals surface area contributed by atoms with Gasteiger partial charge in [0.25, 0.3) is 17.4 Å². The Morgan fingerprint density at radius 1 is 1.10 bits per heavy atom. The van der Waals surface area contributed by atoms with Crippen LogP contribution >= 0.6 is 23.2 Å². The lowest BCUT2D eigenvalue weighted by atomic mass is 10.0. The van der Waals surface area contributed by atoms with E-state index >= 15 is 0 Å². The number of piperidine rings is 1. The van der Waals surface area contributed by atoms with Crippen LogP contribution in [0, 0.1) is 0 Å². The number of halogens is 2. The number of imidazole rings is 1. The topological polar surface area (TPSA) is 102 Å². The third-order valence-electron chi connectivity index (χ3n) is 5.80. The lowest BCUT2D eigenvalue weighted by molar-refractivity contribution is 0.0516. The Labute approximate surface area is 180 Å². The highest BCUT2D eigenvalue weighted by molar-refractivity contribution is 6.41. The molecule has 30 heavy (non-hydrogen) atoms. The van der Waals surface area contributed by atoms with Crippen LogP contribution in [0.1, 0.15) is 33.6 Å². The predicted octanol–water partition coefficient (Wildman–Crippen LogP) is 2.92. The van der Waals surface area contributed by atoms with E-state index in [0.717, 1.165) is 25.9 Å². The number of aromatic nitrogens is 3. The zero-order valence-electron chi connectivity index (χ0n) is 16.0. The second kappa shape index (κ2) is 6.94. The van der Waals surface area contributed by atoms with E-state index in [4.69, 9.17) is 23.2 Å². The van der Waals surface area contributed by atoms with Crippen molar-refractivity contribution in [2.45, 2.75) is 18.9 Å². The van der Waals surface area contributed by atoms with E-state index in [1.807, 2.05) is 7.05 Å². The number of hydrogen-bond acceptors (Lipinski definition) is 5. The molecule has 2 N–H and O–H groups in total. The molecule has 8 nitrogen and oxygen atoms in total. The van der Waals surface area contributed by atoms with Crippen molar-refractivity contribution in [3.05, 3.63) is 49.9 Å². The van der Waals surface area contributed by atoms with Crippen LogP contribution in [0.5, 0.6) is 0 Å². The largest absolute Gasteiger partial charge is 0.338 e. The van der Waals surface area contributed by atoms with Gasteiger partial charge in [-0.25, -0.2) is 4.98 Å². The van der Waals surface area contributed by atoms with Gasteiger partial charge in [0.1, 0.15) is 16.9 Å². The first-order chi connectivity index (χ1) is 14.4. The van der Waals surface area contributed by atoms with Gasteiger partial charge in [-0.1, -0.05) is 23.2 Å². The van der Waals surface area contributed by atoms with Gasteiger partial charge in [0.05, 0.1) is 26.7 Å². The standard InChI is InChI=1S/C20H17Cl2N5O3/c1-26-6-3-9(4-7-26)27-19(29)10-8-12-16(15(22)13(10)20(27)30)25-17(24-12)14-11(21)2-5-23-18(14)28/h2,5,8-9H,3-4,6-7H2,1H3,(H,23,28)(H,24,25). The molecule has 2 aromatic heterocycles. The third-order valence-corrected chi connectivity index (χ3v) is 6.48. The second-order valence-corrected chi connectivity index (χ2v) is 8.42.